The summed E-state index contributed by atoms with van der Waals surface area (Å²) < 4.78 is 5.22. The highest BCUT2D eigenvalue weighted by Crippen LogP contribution is 2.40. The molecule has 3 nitrogen and oxygen atoms in total. The highest BCUT2D eigenvalue weighted by atomic mass is 16.5. The van der Waals surface area contributed by atoms with E-state index in [-0.39, 0.29) is 10.8 Å². The summed E-state index contributed by atoms with van der Waals surface area (Å²) in [6.07, 6.45) is 47.1. The smallest absolute Gasteiger partial charge is 0.123 e. The number of phenolic OH excluding ortho intramolecular Hbond substituents is 2. The van der Waals surface area contributed by atoms with Gasteiger partial charge in [0.1, 0.15) is 11.5 Å². The number of methoxy groups -OCH3 is 1. The van der Waals surface area contributed by atoms with Crippen LogP contribution in [0.5, 0.6) is 11.5 Å². The van der Waals surface area contributed by atoms with Crippen molar-refractivity contribution in [2.45, 2.75) is 298 Å². The molecule has 2 aromatic carbocycles. The van der Waals surface area contributed by atoms with Crippen molar-refractivity contribution in [2.24, 2.45) is 0 Å². The summed E-state index contributed by atoms with van der Waals surface area (Å²) in [6.45, 7) is 20.1. The van der Waals surface area contributed by atoms with Crippen LogP contribution in [0.4, 0.5) is 0 Å². The first-order chi connectivity index (χ1) is 29.8. The van der Waals surface area contributed by atoms with Gasteiger partial charge in [0, 0.05) is 7.11 Å². The second-order valence-corrected chi connectivity index (χ2v) is 21.5. The van der Waals surface area contributed by atoms with E-state index in [9.17, 15) is 10.2 Å². The van der Waals surface area contributed by atoms with Gasteiger partial charge in [-0.1, -0.05) is 266 Å². The van der Waals surface area contributed by atoms with Gasteiger partial charge in [0.2, 0.25) is 0 Å². The van der Waals surface area contributed by atoms with E-state index < -0.39 is 0 Å². The maximum absolute atomic E-state index is 11.0. The summed E-state index contributed by atoms with van der Waals surface area (Å²) in [4.78, 5) is 0. The summed E-state index contributed by atoms with van der Waals surface area (Å²) in [6, 6.07) is 8.57. The molecule has 0 radical (unpaired) electrons. The van der Waals surface area contributed by atoms with Crippen molar-refractivity contribution in [3.05, 3.63) is 57.6 Å². The topological polar surface area (TPSA) is 49.7 Å². The molecule has 0 unspecified atom stereocenters. The molecule has 2 N–H and O–H groups in total. The first-order valence-corrected chi connectivity index (χ1v) is 26.9. The SMILES string of the molecule is CCCCCCCCCCCCCCCCCCc1cc(C)cc(CCCCCCCCCCCCCCCCCC)c1O.COCc1cc(C(C)(C)C)c(O)c(C(C)(C)C)c1. The van der Waals surface area contributed by atoms with Gasteiger partial charge in [-0.05, 0) is 83.4 Å². The number of hydrogen-bond acceptors (Lipinski definition) is 3. The summed E-state index contributed by atoms with van der Waals surface area (Å²) in [5.41, 5.74) is 6.65. The Hall–Kier alpha value is -2.00. The van der Waals surface area contributed by atoms with Crippen molar-refractivity contribution in [2.75, 3.05) is 7.11 Å². The minimum Gasteiger partial charge on any atom is -0.507 e. The van der Waals surface area contributed by atoms with Crippen molar-refractivity contribution in [1.29, 1.82) is 0 Å². The third-order valence-electron chi connectivity index (χ3n) is 13.1. The molecule has 3 heteroatoms. The van der Waals surface area contributed by atoms with Gasteiger partial charge in [0.25, 0.3) is 0 Å². The molecule has 0 spiro atoms. The maximum atomic E-state index is 11.0. The van der Waals surface area contributed by atoms with E-state index in [1.54, 1.807) is 7.11 Å². The molecule has 0 bridgehead atoms. The summed E-state index contributed by atoms with van der Waals surface area (Å²) >= 11 is 0. The molecule has 360 valence electrons. The molecule has 2 aromatic rings. The van der Waals surface area contributed by atoms with Crippen molar-refractivity contribution in [3.63, 3.8) is 0 Å². The minimum atomic E-state index is -0.0756. The second-order valence-electron chi connectivity index (χ2n) is 21.5. The van der Waals surface area contributed by atoms with Crippen LogP contribution < -0.4 is 0 Å². The lowest BCUT2D eigenvalue weighted by atomic mass is 9.78. The van der Waals surface area contributed by atoms with Gasteiger partial charge in [-0.3, -0.25) is 0 Å². The lowest BCUT2D eigenvalue weighted by Gasteiger charge is -2.28. The van der Waals surface area contributed by atoms with Crippen molar-refractivity contribution >= 4 is 0 Å². The van der Waals surface area contributed by atoms with E-state index in [1.165, 1.54) is 222 Å². The van der Waals surface area contributed by atoms with E-state index in [1.807, 2.05) is 12.1 Å². The van der Waals surface area contributed by atoms with Gasteiger partial charge in [-0.15, -0.1) is 0 Å². The zero-order chi connectivity index (χ0) is 45.9. The van der Waals surface area contributed by atoms with Crippen molar-refractivity contribution in [3.8, 4) is 11.5 Å². The molecule has 0 aliphatic heterocycles. The lowest BCUT2D eigenvalue weighted by molar-refractivity contribution is 0.184. The van der Waals surface area contributed by atoms with Crippen molar-refractivity contribution < 1.29 is 14.9 Å². The number of aromatic hydroxyl groups is 2. The largest absolute Gasteiger partial charge is 0.507 e. The Balaban J connectivity index is 0.000000885. The molecule has 0 saturated heterocycles. The average molecular weight is 863 g/mol. The fourth-order valence-corrected chi connectivity index (χ4v) is 9.13. The highest BCUT2D eigenvalue weighted by molar-refractivity contribution is 5.49. The molecule has 0 aromatic heterocycles. The zero-order valence-electron chi connectivity index (χ0n) is 43.4. The van der Waals surface area contributed by atoms with Gasteiger partial charge < -0.3 is 14.9 Å². The molecule has 0 saturated carbocycles. The van der Waals surface area contributed by atoms with Crippen LogP contribution in [0.15, 0.2) is 24.3 Å². The molecule has 62 heavy (non-hydrogen) atoms. The number of phenols is 2. The fourth-order valence-electron chi connectivity index (χ4n) is 9.13. The molecule has 0 fully saturated rings. The Morgan fingerprint density at radius 3 is 0.887 bits per heavy atom. The molecule has 2 rings (SSSR count). The molecule has 0 heterocycles. The summed E-state index contributed by atoms with van der Waals surface area (Å²) in [5, 5.41) is 21.5. The maximum Gasteiger partial charge on any atom is 0.123 e. The van der Waals surface area contributed by atoms with E-state index >= 15 is 0 Å². The molecular weight excluding hydrogens is 757 g/mol. The van der Waals surface area contributed by atoms with Gasteiger partial charge in [0.15, 0.2) is 0 Å². The number of aryl methyl sites for hydroxylation is 3. The van der Waals surface area contributed by atoms with Crippen LogP contribution >= 0.6 is 0 Å². The minimum absolute atomic E-state index is 0.0756. The van der Waals surface area contributed by atoms with Crippen LogP contribution in [-0.2, 0) is 35.0 Å². The van der Waals surface area contributed by atoms with Crippen LogP contribution in [0.25, 0.3) is 0 Å². The van der Waals surface area contributed by atoms with Crippen LogP contribution in [0, 0.1) is 6.92 Å². The third-order valence-corrected chi connectivity index (χ3v) is 13.1. The molecule has 0 amide bonds. The van der Waals surface area contributed by atoms with Crippen LogP contribution in [0.3, 0.4) is 0 Å². The van der Waals surface area contributed by atoms with Gasteiger partial charge in [0.05, 0.1) is 6.61 Å². The summed E-state index contributed by atoms with van der Waals surface area (Å²) in [7, 11) is 1.69. The highest BCUT2D eigenvalue weighted by Gasteiger charge is 2.26. The summed E-state index contributed by atoms with van der Waals surface area (Å²) in [5.74, 6) is 1.03. The first kappa shape index (κ1) is 58.0. The standard InChI is InChI=1S/C43H80O.C16H26O2/c1-4-6-8-10-12-14-16-18-20-22-24-26-28-30-32-34-36-41-38-40(3)39-42(43(41)44)37-35-33-31-29-27-25-23-21-19-17-15-13-11-9-7-5-2;1-15(2,3)12-8-11(10-18-7)9-13(14(12)17)16(4,5)6/h38-39,44H,4-37H2,1-3H3;8-9,17H,10H2,1-7H3. The average Bonchev–Trinajstić information content (AvgIpc) is 3.22. The second kappa shape index (κ2) is 36.2. The monoisotopic (exact) mass is 863 g/mol. The van der Waals surface area contributed by atoms with Gasteiger partial charge in [-0.2, -0.15) is 0 Å². The lowest BCUT2D eigenvalue weighted by Crippen LogP contribution is -2.18. The molecule has 0 aliphatic carbocycles. The van der Waals surface area contributed by atoms with E-state index in [0.717, 1.165) is 29.5 Å². The van der Waals surface area contributed by atoms with Crippen LogP contribution in [0.1, 0.15) is 294 Å². The van der Waals surface area contributed by atoms with E-state index in [2.05, 4.69) is 74.4 Å². The quantitative estimate of drug-likeness (QED) is 0.0671. The molecule has 0 aliphatic rings. The molecule has 0 atom stereocenters. The molecular formula is C59H106O3. The normalized spacial score (nSPS) is 11.9. The van der Waals surface area contributed by atoms with Crippen LogP contribution in [0.2, 0.25) is 0 Å². The van der Waals surface area contributed by atoms with Gasteiger partial charge in [-0.25, -0.2) is 0 Å². The Morgan fingerprint density at radius 2 is 0.645 bits per heavy atom. The Kier molecular flexibility index (Phi) is 33.9. The Bertz CT molecular complexity index is 1250. The Morgan fingerprint density at radius 1 is 0.387 bits per heavy atom. The van der Waals surface area contributed by atoms with E-state index in [4.69, 9.17) is 4.74 Å². The van der Waals surface area contributed by atoms with Crippen LogP contribution in [-0.4, -0.2) is 17.3 Å². The van der Waals surface area contributed by atoms with Crippen molar-refractivity contribution in [1.82, 2.24) is 0 Å². The predicted octanol–water partition coefficient (Wildman–Crippen LogP) is 19.4. The zero-order valence-corrected chi connectivity index (χ0v) is 43.4. The number of rotatable bonds is 36. The van der Waals surface area contributed by atoms with E-state index in [0.29, 0.717) is 18.1 Å². The Labute approximate surface area is 387 Å². The fraction of sp³-hybridized carbons (Fsp3) is 0.797. The van der Waals surface area contributed by atoms with Gasteiger partial charge >= 0.3 is 0 Å². The third kappa shape index (κ3) is 28.7. The predicted molar refractivity (Wildman–Crippen MR) is 276 cm³/mol. The number of unbranched alkanes of at least 4 members (excludes halogenated alkanes) is 30. The number of hydrogen-bond donors (Lipinski definition) is 2. The number of ether oxygens (including phenoxy) is 1. The first-order valence-electron chi connectivity index (χ1n) is 26.9. The number of benzene rings is 2.